The van der Waals surface area contributed by atoms with Gasteiger partial charge < -0.3 is 14.7 Å². The molecule has 1 unspecified atom stereocenters. The number of rotatable bonds is 6. The molecule has 1 rings (SSSR count). The van der Waals surface area contributed by atoms with Gasteiger partial charge in [-0.2, -0.15) is 0 Å². The van der Waals surface area contributed by atoms with E-state index >= 15 is 0 Å². The van der Waals surface area contributed by atoms with Gasteiger partial charge in [0.2, 0.25) is 0 Å². The maximum absolute atomic E-state index is 9.39. The van der Waals surface area contributed by atoms with Gasteiger partial charge in [-0.15, -0.1) is 0 Å². The highest BCUT2D eigenvalue weighted by Gasteiger charge is 2.24. The van der Waals surface area contributed by atoms with E-state index in [1.165, 1.54) is 19.5 Å². The molecule has 13 heavy (non-hydrogen) atoms. The Balaban J connectivity index is 1.95. The molecule has 1 fully saturated rings. The Labute approximate surface area is 80.7 Å². The molecular formula is C10H21NO2. The third-order valence-corrected chi connectivity index (χ3v) is 2.75. The van der Waals surface area contributed by atoms with Crippen molar-refractivity contribution in [2.45, 2.75) is 25.9 Å². The molecule has 0 bridgehead atoms. The summed E-state index contributed by atoms with van der Waals surface area (Å²) in [5.74, 6) is 0.902. The van der Waals surface area contributed by atoms with Gasteiger partial charge in [-0.05, 0) is 12.3 Å². The number of hydrogen-bond donors (Lipinski definition) is 1. The molecule has 0 saturated carbocycles. The van der Waals surface area contributed by atoms with E-state index in [1.54, 1.807) is 7.11 Å². The zero-order chi connectivity index (χ0) is 9.68. The first-order chi connectivity index (χ1) is 6.26. The third kappa shape index (κ3) is 3.63. The molecule has 1 N–H and O–H groups in total. The lowest BCUT2D eigenvalue weighted by molar-refractivity contribution is 0.0332. The molecule has 0 aliphatic carbocycles. The van der Waals surface area contributed by atoms with Crippen LogP contribution in [0.25, 0.3) is 0 Å². The minimum Gasteiger partial charge on any atom is -0.391 e. The van der Waals surface area contributed by atoms with Crippen molar-refractivity contribution in [1.29, 1.82) is 0 Å². The molecule has 0 amide bonds. The van der Waals surface area contributed by atoms with E-state index < -0.39 is 0 Å². The highest BCUT2D eigenvalue weighted by molar-refractivity contribution is 4.78. The van der Waals surface area contributed by atoms with E-state index in [1.807, 2.05) is 0 Å². The van der Waals surface area contributed by atoms with E-state index in [2.05, 4.69) is 11.8 Å². The Bertz CT molecular complexity index is 135. The summed E-state index contributed by atoms with van der Waals surface area (Å²) in [7, 11) is 1.62. The van der Waals surface area contributed by atoms with Crippen LogP contribution in [-0.4, -0.2) is 49.5 Å². The normalized spacial score (nSPS) is 21.5. The van der Waals surface area contributed by atoms with Crippen LogP contribution in [0, 0.1) is 5.92 Å². The predicted molar refractivity (Wildman–Crippen MR) is 52.7 cm³/mol. The van der Waals surface area contributed by atoms with E-state index in [0.717, 1.165) is 18.9 Å². The summed E-state index contributed by atoms with van der Waals surface area (Å²) in [5, 5.41) is 9.39. The van der Waals surface area contributed by atoms with Gasteiger partial charge in [0.15, 0.2) is 0 Å². The minimum atomic E-state index is -0.286. The molecule has 0 aromatic carbocycles. The highest BCUT2D eigenvalue weighted by Crippen LogP contribution is 2.18. The molecule has 0 aromatic rings. The van der Waals surface area contributed by atoms with Crippen molar-refractivity contribution in [3.05, 3.63) is 0 Å². The number of nitrogens with zero attached hydrogens (tertiary/aromatic N) is 1. The average Bonchev–Trinajstić information content (AvgIpc) is 2.02. The van der Waals surface area contributed by atoms with Crippen molar-refractivity contribution >= 4 is 0 Å². The van der Waals surface area contributed by atoms with Gasteiger partial charge in [-0.25, -0.2) is 0 Å². The van der Waals surface area contributed by atoms with E-state index in [9.17, 15) is 5.11 Å². The zero-order valence-corrected chi connectivity index (χ0v) is 8.70. The molecule has 0 radical (unpaired) electrons. The predicted octanol–water partition coefficient (Wildman–Crippen LogP) is 0.726. The van der Waals surface area contributed by atoms with Crippen LogP contribution < -0.4 is 0 Å². The Hall–Kier alpha value is -0.120. The summed E-state index contributed by atoms with van der Waals surface area (Å²) in [5.41, 5.74) is 0. The number of ether oxygens (including phenoxy) is 1. The summed E-state index contributed by atoms with van der Waals surface area (Å²) in [4.78, 5) is 2.40. The van der Waals surface area contributed by atoms with Crippen LogP contribution in [-0.2, 0) is 4.74 Å². The van der Waals surface area contributed by atoms with Crippen molar-refractivity contribution in [3.63, 3.8) is 0 Å². The Morgan fingerprint density at radius 1 is 1.54 bits per heavy atom. The number of aliphatic hydroxyl groups excluding tert-OH is 1. The monoisotopic (exact) mass is 187 g/mol. The minimum absolute atomic E-state index is 0.286. The summed E-state index contributed by atoms with van der Waals surface area (Å²) < 4.78 is 4.86. The van der Waals surface area contributed by atoms with Crippen molar-refractivity contribution < 1.29 is 9.84 Å². The van der Waals surface area contributed by atoms with Crippen molar-refractivity contribution in [3.8, 4) is 0 Å². The van der Waals surface area contributed by atoms with Gasteiger partial charge in [-0.1, -0.05) is 13.3 Å². The lowest BCUT2D eigenvalue weighted by Gasteiger charge is -2.39. The van der Waals surface area contributed by atoms with Crippen LogP contribution in [0.5, 0.6) is 0 Å². The van der Waals surface area contributed by atoms with Gasteiger partial charge >= 0.3 is 0 Å². The van der Waals surface area contributed by atoms with E-state index in [0.29, 0.717) is 6.61 Å². The summed E-state index contributed by atoms with van der Waals surface area (Å²) in [6.45, 7) is 6.15. The van der Waals surface area contributed by atoms with Gasteiger partial charge in [-0.3, -0.25) is 0 Å². The summed E-state index contributed by atoms with van der Waals surface area (Å²) in [6.07, 6.45) is 1.84. The lowest BCUT2D eigenvalue weighted by Crippen LogP contribution is -2.47. The van der Waals surface area contributed by atoms with Crippen LogP contribution in [0.3, 0.4) is 0 Å². The molecule has 78 valence electrons. The summed E-state index contributed by atoms with van der Waals surface area (Å²) >= 11 is 0. The van der Waals surface area contributed by atoms with E-state index in [-0.39, 0.29) is 6.10 Å². The van der Waals surface area contributed by atoms with Gasteiger partial charge in [0, 0.05) is 26.7 Å². The first kappa shape index (κ1) is 11.0. The molecule has 3 heteroatoms. The fourth-order valence-electron chi connectivity index (χ4n) is 1.72. The lowest BCUT2D eigenvalue weighted by atomic mass is 9.97. The smallest absolute Gasteiger partial charge is 0.0785 e. The Morgan fingerprint density at radius 3 is 2.77 bits per heavy atom. The van der Waals surface area contributed by atoms with Crippen LogP contribution in [0.1, 0.15) is 19.8 Å². The van der Waals surface area contributed by atoms with Crippen molar-refractivity contribution in [2.24, 2.45) is 5.92 Å². The third-order valence-electron chi connectivity index (χ3n) is 2.75. The molecule has 0 spiro atoms. The number of hydrogen-bond acceptors (Lipinski definition) is 3. The van der Waals surface area contributed by atoms with Crippen molar-refractivity contribution in [1.82, 2.24) is 4.90 Å². The quantitative estimate of drug-likeness (QED) is 0.665. The highest BCUT2D eigenvalue weighted by atomic mass is 16.5. The second-order valence-electron chi connectivity index (χ2n) is 3.93. The zero-order valence-electron chi connectivity index (χ0n) is 8.70. The molecule has 1 heterocycles. The van der Waals surface area contributed by atoms with Crippen LogP contribution in [0.15, 0.2) is 0 Å². The van der Waals surface area contributed by atoms with Crippen molar-refractivity contribution in [2.75, 3.05) is 33.4 Å². The first-order valence-electron chi connectivity index (χ1n) is 5.15. The standard InChI is InChI=1S/C10H21NO2/c1-3-9-6-11(7-9)5-4-10(12)8-13-2/h9-10,12H,3-8H2,1-2H3. The molecular weight excluding hydrogens is 166 g/mol. The number of methoxy groups -OCH3 is 1. The maximum Gasteiger partial charge on any atom is 0.0785 e. The Kier molecular flexibility index (Phi) is 4.70. The average molecular weight is 187 g/mol. The van der Waals surface area contributed by atoms with Gasteiger partial charge in [0.1, 0.15) is 0 Å². The Morgan fingerprint density at radius 2 is 2.23 bits per heavy atom. The molecule has 1 atom stereocenters. The van der Waals surface area contributed by atoms with Crippen LogP contribution >= 0.6 is 0 Å². The fraction of sp³-hybridized carbons (Fsp3) is 1.00. The molecule has 1 aliphatic rings. The first-order valence-corrected chi connectivity index (χ1v) is 5.15. The summed E-state index contributed by atoms with van der Waals surface area (Å²) in [6, 6.07) is 0. The van der Waals surface area contributed by atoms with Crippen LogP contribution in [0.4, 0.5) is 0 Å². The largest absolute Gasteiger partial charge is 0.391 e. The molecule has 1 aliphatic heterocycles. The number of aliphatic hydroxyl groups is 1. The fourth-order valence-corrected chi connectivity index (χ4v) is 1.72. The molecule has 0 aromatic heterocycles. The molecule has 1 saturated heterocycles. The maximum atomic E-state index is 9.39. The van der Waals surface area contributed by atoms with Crippen LogP contribution in [0.2, 0.25) is 0 Å². The van der Waals surface area contributed by atoms with Gasteiger partial charge in [0.05, 0.1) is 12.7 Å². The SMILES string of the molecule is CCC1CN(CCC(O)COC)C1. The van der Waals surface area contributed by atoms with E-state index in [4.69, 9.17) is 4.74 Å². The molecule has 3 nitrogen and oxygen atoms in total. The second kappa shape index (κ2) is 5.58. The van der Waals surface area contributed by atoms with Gasteiger partial charge in [0.25, 0.3) is 0 Å². The topological polar surface area (TPSA) is 32.7 Å². The second-order valence-corrected chi connectivity index (χ2v) is 3.93. The number of likely N-dealkylation sites (tertiary alicyclic amines) is 1.